The first-order valence-corrected chi connectivity index (χ1v) is 2.22. The molecule has 0 radical (unpaired) electrons. The van der Waals surface area contributed by atoms with Crippen LogP contribution in [0.2, 0.25) is 0 Å². The third kappa shape index (κ3) is 5.61. The van der Waals surface area contributed by atoms with Gasteiger partial charge in [0, 0.05) is 0 Å². The van der Waals surface area contributed by atoms with Gasteiger partial charge in [-0.15, -0.1) is 0 Å². The predicted molar refractivity (Wildman–Crippen MR) is 21.7 cm³/mol. The molecule has 0 aromatic rings. The number of hydrogen-bond donors (Lipinski definition) is 1. The highest BCUT2D eigenvalue weighted by molar-refractivity contribution is 8.13. The Bertz CT molecular complexity index is 97.9. The van der Waals surface area contributed by atoms with Crippen LogP contribution in [0.15, 0.2) is 0 Å². The van der Waals surface area contributed by atoms with Crippen molar-refractivity contribution >= 4 is 17.1 Å². The smallest absolute Gasteiger partial charge is 0.452 e. The first-order valence-electron chi connectivity index (χ1n) is 1.40. The molecule has 0 aromatic carbocycles. The molecule has 0 bridgehead atoms. The molecule has 0 spiro atoms. The molecule has 0 saturated heterocycles. The van der Waals surface area contributed by atoms with Gasteiger partial charge in [-0.1, -0.05) is 0 Å². The number of hydrogen-bond acceptors (Lipinski definition) is 2. The van der Waals surface area contributed by atoms with Crippen LogP contribution in [0.4, 0.5) is 18.0 Å². The lowest BCUT2D eigenvalue weighted by Gasteiger charge is -1.97. The molecule has 0 atom stereocenters. The second kappa shape index (κ2) is 2.25. The number of rotatable bonds is 0. The van der Waals surface area contributed by atoms with Gasteiger partial charge < -0.3 is 5.11 Å². The summed E-state index contributed by atoms with van der Waals surface area (Å²) in [6, 6.07) is 0. The van der Waals surface area contributed by atoms with Gasteiger partial charge in [-0.3, -0.25) is 0 Å². The second-order valence-corrected chi connectivity index (χ2v) is 1.83. The Labute approximate surface area is 46.7 Å². The Balaban J connectivity index is 3.55. The summed E-state index contributed by atoms with van der Waals surface area (Å²) < 4.78 is 32.7. The summed E-state index contributed by atoms with van der Waals surface area (Å²) in [6.45, 7) is 0. The van der Waals surface area contributed by atoms with Crippen molar-refractivity contribution in [1.82, 2.24) is 0 Å². The predicted octanol–water partition coefficient (Wildman–Crippen LogP) is 1.92. The molecule has 0 aliphatic heterocycles. The van der Waals surface area contributed by atoms with Gasteiger partial charge in [0.05, 0.1) is 11.8 Å². The summed E-state index contributed by atoms with van der Waals surface area (Å²) >= 11 is -1.07. The molecule has 0 saturated carbocycles. The minimum absolute atomic E-state index is 1.07. The average molecular weight is 146 g/mol. The van der Waals surface area contributed by atoms with Crippen molar-refractivity contribution in [3.05, 3.63) is 0 Å². The zero-order chi connectivity index (χ0) is 6.78. The Morgan fingerprint density at radius 3 is 1.88 bits per heavy atom. The van der Waals surface area contributed by atoms with Crippen LogP contribution in [0.1, 0.15) is 0 Å². The van der Waals surface area contributed by atoms with Crippen LogP contribution in [-0.4, -0.2) is 15.9 Å². The van der Waals surface area contributed by atoms with E-state index >= 15 is 0 Å². The summed E-state index contributed by atoms with van der Waals surface area (Å²) in [5.41, 5.74) is -4.66. The van der Waals surface area contributed by atoms with Crippen LogP contribution in [-0.2, 0) is 0 Å². The van der Waals surface area contributed by atoms with E-state index in [9.17, 15) is 18.0 Å². The van der Waals surface area contributed by atoms with Crippen LogP contribution in [0.3, 0.4) is 0 Å². The van der Waals surface area contributed by atoms with Gasteiger partial charge in [-0.2, -0.15) is 13.2 Å². The standard InChI is InChI=1S/C2HF3O2S/c3-2(4,5)8-1(6)7/h(H,6,7). The Hall–Kier alpha value is -0.390. The third-order valence-corrected chi connectivity index (χ3v) is 0.609. The summed E-state index contributed by atoms with van der Waals surface area (Å²) in [5.74, 6) is 0. The lowest BCUT2D eigenvalue weighted by Crippen LogP contribution is -2.03. The van der Waals surface area contributed by atoms with Gasteiger partial charge in [0.15, 0.2) is 0 Å². The minimum atomic E-state index is -4.66. The van der Waals surface area contributed by atoms with Gasteiger partial charge in [0.1, 0.15) is 0 Å². The lowest BCUT2D eigenvalue weighted by molar-refractivity contribution is -0.0322. The topological polar surface area (TPSA) is 37.3 Å². The van der Waals surface area contributed by atoms with Gasteiger partial charge in [-0.05, 0) is 0 Å². The number of carboxylic acid groups (broad SMARTS) is 1. The van der Waals surface area contributed by atoms with E-state index in [0.717, 1.165) is 0 Å². The summed E-state index contributed by atoms with van der Waals surface area (Å²) in [5, 5.41) is 5.56. The molecule has 1 N–H and O–H groups in total. The van der Waals surface area contributed by atoms with Crippen molar-refractivity contribution in [2.75, 3.05) is 0 Å². The van der Waals surface area contributed by atoms with Crippen molar-refractivity contribution in [2.24, 2.45) is 0 Å². The summed E-state index contributed by atoms with van der Waals surface area (Å²) in [6.07, 6.45) is 0. The van der Waals surface area contributed by atoms with Gasteiger partial charge >= 0.3 is 10.8 Å². The van der Waals surface area contributed by atoms with E-state index in [1.165, 1.54) is 0 Å². The van der Waals surface area contributed by atoms with Crippen LogP contribution >= 0.6 is 11.8 Å². The van der Waals surface area contributed by atoms with Gasteiger partial charge in [0.25, 0.3) is 0 Å². The number of alkyl halides is 3. The summed E-state index contributed by atoms with van der Waals surface area (Å²) in [4.78, 5) is 9.26. The van der Waals surface area contributed by atoms with Crippen molar-refractivity contribution in [2.45, 2.75) is 5.51 Å². The highest BCUT2D eigenvalue weighted by Crippen LogP contribution is 2.29. The zero-order valence-electron chi connectivity index (χ0n) is 3.40. The van der Waals surface area contributed by atoms with E-state index in [-0.39, 0.29) is 0 Å². The molecule has 0 aliphatic carbocycles. The van der Waals surface area contributed by atoms with Crippen molar-refractivity contribution in [3.63, 3.8) is 0 Å². The fraction of sp³-hybridized carbons (Fsp3) is 0.500. The third-order valence-electron chi connectivity index (χ3n) is 0.203. The molecule has 6 heteroatoms. The molecule has 8 heavy (non-hydrogen) atoms. The maximum absolute atomic E-state index is 10.9. The molecule has 0 fully saturated rings. The van der Waals surface area contributed by atoms with Gasteiger partial charge in [-0.25, -0.2) is 4.79 Å². The monoisotopic (exact) mass is 146 g/mol. The second-order valence-electron chi connectivity index (χ2n) is 0.814. The van der Waals surface area contributed by atoms with Crippen molar-refractivity contribution < 1.29 is 23.1 Å². The molecule has 48 valence electrons. The molecule has 0 rings (SSSR count). The number of thioether (sulfide) groups is 1. The minimum Gasteiger partial charge on any atom is -0.473 e. The van der Waals surface area contributed by atoms with Gasteiger partial charge in [0.2, 0.25) is 0 Å². The molecule has 0 amide bonds. The average Bonchev–Trinajstić information content (AvgIpc) is 1.21. The molecule has 0 aromatic heterocycles. The molecular formula is C2HF3O2S. The van der Waals surface area contributed by atoms with E-state index in [1.807, 2.05) is 0 Å². The fourth-order valence-electron chi connectivity index (χ4n) is 0.0990. The molecule has 2 nitrogen and oxygen atoms in total. The largest absolute Gasteiger partial charge is 0.473 e. The Morgan fingerprint density at radius 2 is 1.88 bits per heavy atom. The zero-order valence-corrected chi connectivity index (χ0v) is 4.21. The van der Waals surface area contributed by atoms with Crippen LogP contribution in [0.25, 0.3) is 0 Å². The fourth-order valence-corrected chi connectivity index (χ4v) is 0.297. The molecular weight excluding hydrogens is 145 g/mol. The highest BCUT2D eigenvalue weighted by atomic mass is 32.2. The van der Waals surface area contributed by atoms with Crippen LogP contribution in [0, 0.1) is 0 Å². The molecule has 0 heterocycles. The molecule has 0 aliphatic rings. The summed E-state index contributed by atoms with van der Waals surface area (Å²) in [7, 11) is 0. The molecule has 0 unspecified atom stereocenters. The number of halogens is 3. The van der Waals surface area contributed by atoms with E-state index < -0.39 is 22.6 Å². The first kappa shape index (κ1) is 7.61. The van der Waals surface area contributed by atoms with Crippen LogP contribution in [0.5, 0.6) is 0 Å². The van der Waals surface area contributed by atoms with Crippen molar-refractivity contribution in [3.8, 4) is 0 Å². The lowest BCUT2D eigenvalue weighted by atomic mass is 11.5. The SMILES string of the molecule is O=C(O)SC(F)(F)F. The maximum atomic E-state index is 10.9. The highest BCUT2D eigenvalue weighted by Gasteiger charge is 2.32. The van der Waals surface area contributed by atoms with Crippen molar-refractivity contribution in [1.29, 1.82) is 0 Å². The van der Waals surface area contributed by atoms with E-state index in [0.29, 0.717) is 0 Å². The maximum Gasteiger partial charge on any atom is 0.452 e. The Morgan fingerprint density at radius 1 is 1.50 bits per heavy atom. The normalized spacial score (nSPS) is 11.4. The number of carbonyl (C=O) groups is 1. The quantitative estimate of drug-likeness (QED) is 0.567. The Kier molecular flexibility index (Phi) is 2.14. The first-order chi connectivity index (χ1) is 3.42. The van der Waals surface area contributed by atoms with E-state index in [2.05, 4.69) is 0 Å². The van der Waals surface area contributed by atoms with E-state index in [4.69, 9.17) is 5.11 Å². The van der Waals surface area contributed by atoms with E-state index in [1.54, 1.807) is 0 Å². The van der Waals surface area contributed by atoms with Crippen LogP contribution < -0.4 is 0 Å².